The van der Waals surface area contributed by atoms with E-state index in [1.807, 2.05) is 54.3 Å². The van der Waals surface area contributed by atoms with Crippen molar-refractivity contribution in [3.05, 3.63) is 83.1 Å². The van der Waals surface area contributed by atoms with Crippen molar-refractivity contribution in [2.45, 2.75) is 19.1 Å². The largest absolute Gasteiger partial charge is 0.367 e. The number of carbonyl (C=O) groups excluding carboxylic acids is 1. The van der Waals surface area contributed by atoms with Crippen LogP contribution in [0, 0.1) is 0 Å². The molecule has 0 spiro atoms. The van der Waals surface area contributed by atoms with Gasteiger partial charge >= 0.3 is 0 Å². The van der Waals surface area contributed by atoms with Crippen molar-refractivity contribution in [1.82, 2.24) is 14.7 Å². The van der Waals surface area contributed by atoms with Crippen LogP contribution in [0.5, 0.6) is 0 Å². The lowest BCUT2D eigenvalue weighted by Gasteiger charge is -2.36. The average Bonchev–Trinajstić information content (AvgIpc) is 3.18. The number of benzene rings is 2. The number of rotatable bonds is 3. The number of hydrogen-bond donors (Lipinski definition) is 0. The predicted molar refractivity (Wildman–Crippen MR) is 104 cm³/mol. The lowest BCUT2D eigenvalue weighted by atomic mass is 10.1. The smallest absolute Gasteiger partial charge is 0.257 e. The van der Waals surface area contributed by atoms with Gasteiger partial charge in [-0.2, -0.15) is 5.10 Å². The number of ether oxygens (including phenoxy) is 1. The minimum absolute atomic E-state index is 0.0285. The number of nitrogens with zero attached hydrogens (tertiary/aromatic N) is 3. The third-order valence-corrected chi connectivity index (χ3v) is 4.89. The molecule has 2 atom stereocenters. The molecule has 1 amide bonds. The highest BCUT2D eigenvalue weighted by atomic mass is 35.5. The van der Waals surface area contributed by atoms with E-state index in [9.17, 15) is 4.79 Å². The Morgan fingerprint density at radius 2 is 1.85 bits per heavy atom. The van der Waals surface area contributed by atoms with Crippen LogP contribution in [0.15, 0.2) is 67.0 Å². The Balaban J connectivity index is 1.53. The average molecular weight is 382 g/mol. The first kappa shape index (κ1) is 17.8. The summed E-state index contributed by atoms with van der Waals surface area (Å²) < 4.78 is 7.73. The maximum atomic E-state index is 13.0. The highest BCUT2D eigenvalue weighted by molar-refractivity contribution is 6.30. The van der Waals surface area contributed by atoms with Crippen LogP contribution in [0.2, 0.25) is 5.02 Å². The molecule has 1 saturated heterocycles. The first-order valence-corrected chi connectivity index (χ1v) is 9.28. The molecule has 0 N–H and O–H groups in total. The number of hydrogen-bond acceptors (Lipinski definition) is 3. The molecule has 0 bridgehead atoms. The molecule has 1 aliphatic heterocycles. The molecule has 0 radical (unpaired) electrons. The van der Waals surface area contributed by atoms with E-state index in [0.29, 0.717) is 23.7 Å². The highest BCUT2D eigenvalue weighted by Gasteiger charge is 2.30. The Hall–Kier alpha value is -2.63. The fourth-order valence-corrected chi connectivity index (χ4v) is 3.45. The van der Waals surface area contributed by atoms with Crippen LogP contribution in [-0.2, 0) is 4.74 Å². The third-order valence-electron chi connectivity index (χ3n) is 4.64. The van der Waals surface area contributed by atoms with Gasteiger partial charge in [0.15, 0.2) is 0 Å². The molecule has 4 rings (SSSR count). The first-order chi connectivity index (χ1) is 13.1. The summed E-state index contributed by atoms with van der Waals surface area (Å²) in [6, 6.07) is 17.3. The molecule has 0 aliphatic carbocycles. The van der Waals surface area contributed by atoms with Gasteiger partial charge in [0, 0.05) is 17.8 Å². The molecule has 3 aromatic rings. The van der Waals surface area contributed by atoms with E-state index in [-0.39, 0.29) is 18.1 Å². The first-order valence-electron chi connectivity index (χ1n) is 8.90. The highest BCUT2D eigenvalue weighted by Crippen LogP contribution is 2.26. The summed E-state index contributed by atoms with van der Waals surface area (Å²) in [6.45, 7) is 3.08. The van der Waals surface area contributed by atoms with E-state index >= 15 is 0 Å². The van der Waals surface area contributed by atoms with Gasteiger partial charge in [-0.05, 0) is 36.8 Å². The van der Waals surface area contributed by atoms with Crippen LogP contribution < -0.4 is 0 Å². The summed E-state index contributed by atoms with van der Waals surface area (Å²) in [5.41, 5.74) is 2.50. The summed E-state index contributed by atoms with van der Waals surface area (Å²) >= 11 is 5.93. The number of amides is 1. The predicted octanol–water partition coefficient (Wildman–Crippen LogP) is 4.13. The summed E-state index contributed by atoms with van der Waals surface area (Å²) in [5.74, 6) is -0.0358. The zero-order chi connectivity index (χ0) is 18.8. The molecular weight excluding hydrogens is 362 g/mol. The van der Waals surface area contributed by atoms with E-state index in [4.69, 9.17) is 16.3 Å². The van der Waals surface area contributed by atoms with E-state index in [1.165, 1.54) is 0 Å². The number of aromatic nitrogens is 2. The monoisotopic (exact) mass is 381 g/mol. The van der Waals surface area contributed by atoms with Crippen LogP contribution in [0.25, 0.3) is 5.69 Å². The molecule has 2 aromatic carbocycles. The van der Waals surface area contributed by atoms with Crippen molar-refractivity contribution >= 4 is 17.5 Å². The van der Waals surface area contributed by atoms with Crippen LogP contribution in [-0.4, -0.2) is 39.8 Å². The van der Waals surface area contributed by atoms with Crippen LogP contribution in [0.1, 0.15) is 28.9 Å². The van der Waals surface area contributed by atoms with Gasteiger partial charge in [0.1, 0.15) is 6.10 Å². The molecule has 2 heterocycles. The molecule has 0 saturated carbocycles. The summed E-state index contributed by atoms with van der Waals surface area (Å²) in [6.07, 6.45) is 3.21. The van der Waals surface area contributed by atoms with Gasteiger partial charge in [-0.25, -0.2) is 4.68 Å². The fourth-order valence-electron chi connectivity index (χ4n) is 3.32. The number of halogens is 1. The molecule has 6 heteroatoms. The zero-order valence-corrected chi connectivity index (χ0v) is 15.7. The van der Waals surface area contributed by atoms with Crippen LogP contribution in [0.4, 0.5) is 0 Å². The molecule has 1 aliphatic rings. The second-order valence-electron chi connectivity index (χ2n) is 6.71. The van der Waals surface area contributed by atoms with Crippen molar-refractivity contribution < 1.29 is 9.53 Å². The van der Waals surface area contributed by atoms with Crippen molar-refractivity contribution in [2.24, 2.45) is 0 Å². The van der Waals surface area contributed by atoms with Crippen molar-refractivity contribution in [1.29, 1.82) is 0 Å². The van der Waals surface area contributed by atoms with E-state index in [1.54, 1.807) is 29.2 Å². The summed E-state index contributed by atoms with van der Waals surface area (Å²) in [7, 11) is 0. The fraction of sp³-hybridized carbons (Fsp3) is 0.238. The Bertz CT molecular complexity index is 924. The minimum Gasteiger partial charge on any atom is -0.367 e. The van der Waals surface area contributed by atoms with Gasteiger partial charge in [-0.3, -0.25) is 4.79 Å². The molecule has 138 valence electrons. The topological polar surface area (TPSA) is 47.4 Å². The van der Waals surface area contributed by atoms with Gasteiger partial charge in [-0.15, -0.1) is 0 Å². The lowest BCUT2D eigenvalue weighted by molar-refractivity contribution is -0.0691. The molecular formula is C21H20ClN3O2. The van der Waals surface area contributed by atoms with Gasteiger partial charge < -0.3 is 9.64 Å². The molecule has 27 heavy (non-hydrogen) atoms. The Kier molecular flexibility index (Phi) is 4.97. The van der Waals surface area contributed by atoms with Crippen molar-refractivity contribution in [3.63, 3.8) is 0 Å². The normalized spacial score (nSPS) is 19.9. The summed E-state index contributed by atoms with van der Waals surface area (Å²) in [4.78, 5) is 14.9. The zero-order valence-electron chi connectivity index (χ0n) is 15.0. The second kappa shape index (κ2) is 7.55. The van der Waals surface area contributed by atoms with Crippen LogP contribution in [0.3, 0.4) is 0 Å². The van der Waals surface area contributed by atoms with Gasteiger partial charge in [-0.1, -0.05) is 41.9 Å². The number of morpholine rings is 1. The lowest BCUT2D eigenvalue weighted by Crippen LogP contribution is -2.45. The SMILES string of the molecule is CC1CN(C(=O)c2cnn(-c3ccc(Cl)cc3)c2)CC(c2ccccc2)O1. The standard InChI is InChI=1S/C21H20ClN3O2/c1-15-12-24(14-20(27-15)16-5-3-2-4-6-16)21(26)17-11-23-25(13-17)19-9-7-18(22)8-10-19/h2-11,13,15,20H,12,14H2,1H3. The molecule has 2 unspecified atom stereocenters. The van der Waals surface area contributed by atoms with Crippen molar-refractivity contribution in [2.75, 3.05) is 13.1 Å². The van der Waals surface area contributed by atoms with Gasteiger partial charge in [0.25, 0.3) is 5.91 Å². The molecule has 5 nitrogen and oxygen atoms in total. The second-order valence-corrected chi connectivity index (χ2v) is 7.14. The number of carbonyl (C=O) groups is 1. The van der Waals surface area contributed by atoms with Gasteiger partial charge in [0.05, 0.1) is 30.1 Å². The minimum atomic E-state index is -0.120. The molecule has 1 fully saturated rings. The third kappa shape index (κ3) is 3.89. The van der Waals surface area contributed by atoms with E-state index in [0.717, 1.165) is 11.3 Å². The Morgan fingerprint density at radius 3 is 2.59 bits per heavy atom. The quantitative estimate of drug-likeness (QED) is 0.685. The Morgan fingerprint density at radius 1 is 1.11 bits per heavy atom. The van der Waals surface area contributed by atoms with E-state index < -0.39 is 0 Å². The maximum Gasteiger partial charge on any atom is 0.257 e. The van der Waals surface area contributed by atoms with Crippen molar-refractivity contribution in [3.8, 4) is 5.69 Å². The van der Waals surface area contributed by atoms with Gasteiger partial charge in [0.2, 0.25) is 0 Å². The Labute approximate surface area is 163 Å². The van der Waals surface area contributed by atoms with Crippen LogP contribution >= 0.6 is 11.6 Å². The maximum absolute atomic E-state index is 13.0. The van der Waals surface area contributed by atoms with E-state index in [2.05, 4.69) is 5.10 Å². The molecule has 1 aromatic heterocycles. The summed E-state index contributed by atoms with van der Waals surface area (Å²) in [5, 5.41) is 4.99.